The largest absolute Gasteiger partial charge is 0.321 e. The molecule has 0 saturated carbocycles. The van der Waals surface area contributed by atoms with E-state index in [-0.39, 0.29) is 17.6 Å². The zero-order valence-corrected chi connectivity index (χ0v) is 20.1. The Hall–Kier alpha value is -2.94. The Bertz CT molecular complexity index is 1100. The van der Waals surface area contributed by atoms with Crippen molar-refractivity contribution >= 4 is 17.8 Å². The molecule has 1 aromatic carbocycles. The maximum Gasteiger partial charge on any atom is 0.321 e. The molecule has 1 aromatic heterocycles. The van der Waals surface area contributed by atoms with Crippen molar-refractivity contribution in [2.75, 3.05) is 25.0 Å². The molecule has 9 heteroatoms. The van der Waals surface area contributed by atoms with E-state index in [1.54, 1.807) is 12.1 Å². The van der Waals surface area contributed by atoms with Gasteiger partial charge < -0.3 is 15.1 Å². The first-order valence-electron chi connectivity index (χ1n) is 12.3. The molecule has 0 spiro atoms. The van der Waals surface area contributed by atoms with Gasteiger partial charge in [-0.15, -0.1) is 0 Å². The monoisotopic (exact) mass is 468 g/mol. The summed E-state index contributed by atoms with van der Waals surface area (Å²) in [4.78, 5) is 33.2. The summed E-state index contributed by atoms with van der Waals surface area (Å²) < 4.78 is 14.1. The first-order valence-corrected chi connectivity index (χ1v) is 12.3. The van der Waals surface area contributed by atoms with Crippen LogP contribution in [0.15, 0.2) is 24.3 Å². The molecule has 4 heterocycles. The van der Waals surface area contributed by atoms with E-state index in [1.165, 1.54) is 18.6 Å². The highest BCUT2D eigenvalue weighted by Gasteiger charge is 2.49. The van der Waals surface area contributed by atoms with Gasteiger partial charge in [-0.1, -0.05) is 26.0 Å². The molecular weight excluding hydrogens is 435 g/mol. The number of halogens is 1. The number of amides is 3. The highest BCUT2D eigenvalue weighted by Crippen LogP contribution is 2.44. The first-order chi connectivity index (χ1) is 16.4. The maximum atomic E-state index is 14.1. The van der Waals surface area contributed by atoms with Crippen molar-refractivity contribution in [3.05, 3.63) is 46.9 Å². The minimum Gasteiger partial charge on any atom is -0.319 e. The van der Waals surface area contributed by atoms with Crippen LogP contribution in [-0.4, -0.2) is 68.6 Å². The van der Waals surface area contributed by atoms with E-state index >= 15 is 0 Å². The number of aromatic amines is 1. The Labute approximate surface area is 199 Å². The summed E-state index contributed by atoms with van der Waals surface area (Å²) in [5.41, 5.74) is 1.02. The summed E-state index contributed by atoms with van der Waals surface area (Å²) in [6.45, 7) is 9.42. The van der Waals surface area contributed by atoms with Crippen molar-refractivity contribution < 1.29 is 14.0 Å². The lowest BCUT2D eigenvalue weighted by Gasteiger charge is -2.47. The SMILES string of the molecule is CC[C@H]1CN2CCC[C@H]2CN1C(=O)N1Cc2c(NC(=O)c3ccccc3F)n[nH]c2C1(C)CC. The lowest BCUT2D eigenvalue weighted by Crippen LogP contribution is -2.61. The van der Waals surface area contributed by atoms with Crippen molar-refractivity contribution in [1.82, 2.24) is 24.9 Å². The Morgan fingerprint density at radius 1 is 1.26 bits per heavy atom. The molecule has 3 atom stereocenters. The van der Waals surface area contributed by atoms with Gasteiger partial charge in [-0.3, -0.25) is 14.8 Å². The number of nitrogens with zero attached hydrogens (tertiary/aromatic N) is 4. The molecule has 3 amide bonds. The fraction of sp³-hybridized carbons (Fsp3) is 0.560. The van der Waals surface area contributed by atoms with Crippen molar-refractivity contribution in [3.8, 4) is 0 Å². The van der Waals surface area contributed by atoms with Gasteiger partial charge in [0.25, 0.3) is 5.91 Å². The predicted molar refractivity (Wildman–Crippen MR) is 127 cm³/mol. The zero-order valence-electron chi connectivity index (χ0n) is 20.1. The van der Waals surface area contributed by atoms with Crippen molar-refractivity contribution in [2.24, 2.45) is 0 Å². The van der Waals surface area contributed by atoms with Crippen LogP contribution in [0.2, 0.25) is 0 Å². The van der Waals surface area contributed by atoms with Crippen LogP contribution in [0.1, 0.15) is 68.1 Å². The molecule has 5 rings (SSSR count). The van der Waals surface area contributed by atoms with Gasteiger partial charge in [0.1, 0.15) is 5.82 Å². The molecule has 3 aliphatic heterocycles. The first kappa shape index (κ1) is 22.8. The molecule has 8 nitrogen and oxygen atoms in total. The normalized spacial score (nSPS) is 26.5. The fourth-order valence-electron chi connectivity index (χ4n) is 5.83. The standard InChI is InChI=1S/C25H33FN6O2/c1-4-16-13-30-12-8-9-17(30)14-31(16)24(34)32-15-19-21(25(32,3)5-2)28-29-22(19)27-23(33)18-10-6-7-11-20(18)26/h6-7,10-11,16-17H,4-5,8-9,12-15H2,1-3H3,(H2,27,28,29,33)/t16-,17-,25?/m0/s1. The number of aromatic nitrogens is 2. The molecule has 2 fully saturated rings. The Morgan fingerprint density at radius 3 is 2.79 bits per heavy atom. The predicted octanol–water partition coefficient (Wildman–Crippen LogP) is 3.92. The van der Waals surface area contributed by atoms with E-state index in [0.29, 0.717) is 24.8 Å². The van der Waals surface area contributed by atoms with Crippen LogP contribution < -0.4 is 5.32 Å². The molecule has 2 aromatic rings. The lowest BCUT2D eigenvalue weighted by molar-refractivity contribution is 0.0347. The van der Waals surface area contributed by atoms with Gasteiger partial charge in [0.05, 0.1) is 23.3 Å². The summed E-state index contributed by atoms with van der Waals surface area (Å²) in [5.74, 6) is -0.788. The van der Waals surface area contributed by atoms with Crippen LogP contribution in [0.4, 0.5) is 15.0 Å². The summed E-state index contributed by atoms with van der Waals surface area (Å²) in [6, 6.07) is 6.54. The van der Waals surface area contributed by atoms with E-state index in [1.807, 2.05) is 11.8 Å². The molecular formula is C25H33FN6O2. The number of hydrogen-bond donors (Lipinski definition) is 2. The number of anilines is 1. The van der Waals surface area contributed by atoms with Crippen LogP contribution in [0.3, 0.4) is 0 Å². The van der Waals surface area contributed by atoms with Crippen LogP contribution in [0.25, 0.3) is 0 Å². The Balaban J connectivity index is 1.40. The number of piperazine rings is 1. The van der Waals surface area contributed by atoms with E-state index in [0.717, 1.165) is 43.7 Å². The Morgan fingerprint density at radius 2 is 2.06 bits per heavy atom. The van der Waals surface area contributed by atoms with Gasteiger partial charge >= 0.3 is 6.03 Å². The van der Waals surface area contributed by atoms with E-state index in [2.05, 4.69) is 39.2 Å². The highest BCUT2D eigenvalue weighted by atomic mass is 19.1. The molecule has 0 radical (unpaired) electrons. The van der Waals surface area contributed by atoms with Crippen LogP contribution in [0.5, 0.6) is 0 Å². The summed E-state index contributed by atoms with van der Waals surface area (Å²) in [6.07, 6.45) is 3.96. The summed E-state index contributed by atoms with van der Waals surface area (Å²) in [5, 5.41) is 10.1. The number of H-pyrrole nitrogens is 1. The number of carbonyl (C=O) groups excluding carboxylic acids is 2. The molecule has 2 N–H and O–H groups in total. The Kier molecular flexibility index (Phi) is 5.83. The van der Waals surface area contributed by atoms with E-state index < -0.39 is 17.3 Å². The molecule has 0 bridgehead atoms. The topological polar surface area (TPSA) is 84.6 Å². The average molecular weight is 469 g/mol. The second-order valence-electron chi connectivity index (χ2n) is 9.86. The van der Waals surface area contributed by atoms with Gasteiger partial charge in [-0.05, 0) is 51.3 Å². The van der Waals surface area contributed by atoms with E-state index in [4.69, 9.17) is 0 Å². The number of hydrogen-bond acceptors (Lipinski definition) is 4. The third-order valence-electron chi connectivity index (χ3n) is 8.10. The number of rotatable bonds is 4. The third-order valence-corrected chi connectivity index (χ3v) is 8.10. The number of nitrogens with one attached hydrogen (secondary N) is 2. The minimum absolute atomic E-state index is 0.0383. The number of urea groups is 1. The van der Waals surface area contributed by atoms with Crippen molar-refractivity contribution in [3.63, 3.8) is 0 Å². The van der Waals surface area contributed by atoms with Gasteiger partial charge in [0.15, 0.2) is 5.82 Å². The van der Waals surface area contributed by atoms with E-state index in [9.17, 15) is 14.0 Å². The lowest BCUT2D eigenvalue weighted by atomic mass is 9.94. The zero-order chi connectivity index (χ0) is 24.0. The van der Waals surface area contributed by atoms with Crippen LogP contribution in [0, 0.1) is 5.82 Å². The second-order valence-corrected chi connectivity index (χ2v) is 9.86. The smallest absolute Gasteiger partial charge is 0.319 e. The molecule has 1 unspecified atom stereocenters. The third kappa shape index (κ3) is 3.57. The molecule has 3 aliphatic rings. The second kappa shape index (κ2) is 8.69. The van der Waals surface area contributed by atoms with Gasteiger partial charge in [0.2, 0.25) is 0 Å². The quantitative estimate of drug-likeness (QED) is 0.712. The fourth-order valence-corrected chi connectivity index (χ4v) is 5.83. The highest BCUT2D eigenvalue weighted by molar-refractivity contribution is 6.04. The number of carbonyl (C=O) groups is 2. The van der Waals surface area contributed by atoms with Crippen molar-refractivity contribution in [1.29, 1.82) is 0 Å². The van der Waals surface area contributed by atoms with Gasteiger partial charge in [-0.25, -0.2) is 9.18 Å². The number of benzene rings is 1. The van der Waals surface area contributed by atoms with Crippen molar-refractivity contribution in [2.45, 2.75) is 70.6 Å². The van der Waals surface area contributed by atoms with Crippen LogP contribution >= 0.6 is 0 Å². The number of fused-ring (bicyclic) bond motifs is 2. The molecule has 34 heavy (non-hydrogen) atoms. The molecule has 0 aliphatic carbocycles. The summed E-state index contributed by atoms with van der Waals surface area (Å²) in [7, 11) is 0. The maximum absolute atomic E-state index is 14.1. The van der Waals surface area contributed by atoms with Gasteiger partial charge in [-0.2, -0.15) is 5.10 Å². The molecule has 182 valence electrons. The van der Waals surface area contributed by atoms with Crippen LogP contribution in [-0.2, 0) is 12.1 Å². The summed E-state index contributed by atoms with van der Waals surface area (Å²) >= 11 is 0. The molecule has 2 saturated heterocycles. The minimum atomic E-state index is -0.584. The van der Waals surface area contributed by atoms with Gasteiger partial charge in [0, 0.05) is 30.7 Å². The average Bonchev–Trinajstić information content (AvgIpc) is 3.54.